The summed E-state index contributed by atoms with van der Waals surface area (Å²) >= 11 is 0. The van der Waals surface area contributed by atoms with Gasteiger partial charge in [0.05, 0.1) is 5.69 Å². The van der Waals surface area contributed by atoms with Crippen LogP contribution in [0.3, 0.4) is 0 Å². The fourth-order valence-electron chi connectivity index (χ4n) is 2.82. The summed E-state index contributed by atoms with van der Waals surface area (Å²) in [4.78, 5) is 2.16. The molecule has 6 nitrogen and oxygen atoms in total. The maximum atomic E-state index is 3.91. The molecule has 0 amide bonds. The molecule has 3 aromatic rings. The van der Waals surface area contributed by atoms with Gasteiger partial charge in [-0.05, 0) is 59.2 Å². The van der Waals surface area contributed by atoms with Gasteiger partial charge in [-0.25, -0.2) is 4.68 Å². The van der Waals surface area contributed by atoms with Gasteiger partial charge in [0.25, 0.3) is 0 Å². The monoisotopic (exact) mass is 336 g/mol. The van der Waals surface area contributed by atoms with Gasteiger partial charge in [-0.3, -0.25) is 0 Å². The van der Waals surface area contributed by atoms with Crippen LogP contribution < -0.4 is 10.2 Å². The summed E-state index contributed by atoms with van der Waals surface area (Å²) in [6.45, 7) is 5.12. The number of nitrogens with one attached hydrogen (secondary N) is 1. The van der Waals surface area contributed by atoms with E-state index in [1.165, 1.54) is 22.4 Å². The van der Waals surface area contributed by atoms with Gasteiger partial charge in [-0.15, -0.1) is 5.10 Å². The third kappa shape index (κ3) is 4.03. The number of tetrazole rings is 1. The highest BCUT2D eigenvalue weighted by Crippen LogP contribution is 2.22. The van der Waals surface area contributed by atoms with E-state index >= 15 is 0 Å². The molecule has 0 radical (unpaired) electrons. The Bertz CT molecular complexity index is 808. The highest BCUT2D eigenvalue weighted by atomic mass is 15.5. The summed E-state index contributed by atoms with van der Waals surface area (Å²) in [5.41, 5.74) is 6.02. The summed E-state index contributed by atoms with van der Waals surface area (Å²) in [6, 6.07) is 15.1. The van der Waals surface area contributed by atoms with E-state index in [1.54, 1.807) is 11.0 Å². The van der Waals surface area contributed by atoms with E-state index in [4.69, 9.17) is 0 Å². The lowest BCUT2D eigenvalue weighted by Crippen LogP contribution is -2.20. The summed E-state index contributed by atoms with van der Waals surface area (Å²) in [5.74, 6) is 0. The molecule has 6 heteroatoms. The van der Waals surface area contributed by atoms with Crippen molar-refractivity contribution in [2.75, 3.05) is 19.0 Å². The van der Waals surface area contributed by atoms with Gasteiger partial charge in [0.2, 0.25) is 0 Å². The molecule has 0 fully saturated rings. The molecule has 1 heterocycles. The summed E-state index contributed by atoms with van der Waals surface area (Å²) < 4.78 is 1.65. The van der Waals surface area contributed by atoms with Crippen LogP contribution in [0.1, 0.15) is 29.7 Å². The van der Waals surface area contributed by atoms with E-state index < -0.39 is 0 Å². The van der Waals surface area contributed by atoms with E-state index in [1.807, 2.05) is 12.1 Å². The number of anilines is 1. The van der Waals surface area contributed by atoms with E-state index in [0.717, 1.165) is 12.2 Å². The highest BCUT2D eigenvalue weighted by molar-refractivity contribution is 5.54. The Morgan fingerprint density at radius 3 is 2.52 bits per heavy atom. The molecule has 1 N–H and O–H groups in total. The fraction of sp³-hybridized carbons (Fsp3) is 0.316. The minimum atomic E-state index is 0.249. The Balaban J connectivity index is 1.68. The van der Waals surface area contributed by atoms with E-state index in [9.17, 15) is 0 Å². The molecule has 0 bridgehead atoms. The Morgan fingerprint density at radius 2 is 1.88 bits per heavy atom. The first kappa shape index (κ1) is 17.1. The number of nitrogens with zero attached hydrogens (tertiary/aromatic N) is 5. The second-order valence-corrected chi connectivity index (χ2v) is 6.48. The zero-order valence-corrected chi connectivity index (χ0v) is 15.1. The molecule has 0 spiro atoms. The Morgan fingerprint density at radius 1 is 1.12 bits per heavy atom. The van der Waals surface area contributed by atoms with Crippen molar-refractivity contribution in [3.63, 3.8) is 0 Å². The quantitative estimate of drug-likeness (QED) is 0.750. The predicted octanol–water partition coefficient (Wildman–Crippen LogP) is 2.89. The molecule has 2 aromatic carbocycles. The van der Waals surface area contributed by atoms with Crippen molar-refractivity contribution in [3.05, 3.63) is 65.5 Å². The highest BCUT2D eigenvalue weighted by Gasteiger charge is 2.09. The topological polar surface area (TPSA) is 58.9 Å². The van der Waals surface area contributed by atoms with Crippen LogP contribution in [0.25, 0.3) is 5.69 Å². The summed E-state index contributed by atoms with van der Waals surface area (Å²) in [7, 11) is 4.17. The molecule has 25 heavy (non-hydrogen) atoms. The molecule has 0 aliphatic heterocycles. The van der Waals surface area contributed by atoms with Crippen LogP contribution in [-0.2, 0) is 6.54 Å². The predicted molar refractivity (Wildman–Crippen MR) is 99.9 cm³/mol. The molecular weight excluding hydrogens is 312 g/mol. The van der Waals surface area contributed by atoms with Crippen LogP contribution in [0.5, 0.6) is 0 Å². The van der Waals surface area contributed by atoms with E-state index in [2.05, 4.69) is 84.0 Å². The smallest absolute Gasteiger partial charge is 0.143 e. The van der Waals surface area contributed by atoms with Gasteiger partial charge in [-0.1, -0.05) is 24.3 Å². The van der Waals surface area contributed by atoms with Crippen LogP contribution >= 0.6 is 0 Å². The van der Waals surface area contributed by atoms with E-state index in [-0.39, 0.29) is 6.04 Å². The van der Waals surface area contributed by atoms with Crippen LogP contribution in [0, 0.1) is 6.92 Å². The number of rotatable bonds is 6. The molecule has 1 aromatic heterocycles. The lowest BCUT2D eigenvalue weighted by atomic mass is 10.1. The molecule has 0 aliphatic carbocycles. The second-order valence-electron chi connectivity index (χ2n) is 6.48. The van der Waals surface area contributed by atoms with Crippen molar-refractivity contribution < 1.29 is 0 Å². The molecule has 130 valence electrons. The lowest BCUT2D eigenvalue weighted by Gasteiger charge is -2.21. The standard InChI is InChI=1S/C19H24N6/c1-14-5-6-17(19(11-14)24(3)4)12-20-15(2)16-7-9-18(10-8-16)25-13-21-22-23-25/h5-11,13,15,20H,12H2,1-4H3/t15-/m1/s1. The van der Waals surface area contributed by atoms with Crippen LogP contribution in [0.4, 0.5) is 5.69 Å². The molecule has 1 atom stereocenters. The molecule has 0 unspecified atom stereocenters. The van der Waals surface area contributed by atoms with Crippen LogP contribution in [0.2, 0.25) is 0 Å². The van der Waals surface area contributed by atoms with Gasteiger partial charge in [0, 0.05) is 32.4 Å². The molecule has 3 rings (SSSR count). The lowest BCUT2D eigenvalue weighted by molar-refractivity contribution is 0.574. The van der Waals surface area contributed by atoms with Crippen LogP contribution in [-0.4, -0.2) is 34.3 Å². The summed E-state index contributed by atoms with van der Waals surface area (Å²) in [5, 5.41) is 14.8. The first-order valence-electron chi connectivity index (χ1n) is 8.38. The van der Waals surface area contributed by atoms with Gasteiger partial charge in [0.1, 0.15) is 6.33 Å². The second kappa shape index (κ2) is 7.44. The van der Waals surface area contributed by atoms with Gasteiger partial charge in [-0.2, -0.15) is 0 Å². The minimum Gasteiger partial charge on any atom is -0.377 e. The van der Waals surface area contributed by atoms with Crippen molar-refractivity contribution in [3.8, 4) is 5.69 Å². The van der Waals surface area contributed by atoms with Gasteiger partial charge in [0.15, 0.2) is 0 Å². The SMILES string of the molecule is Cc1ccc(CN[C@H](C)c2ccc(-n3cnnn3)cc2)c(N(C)C)c1. The van der Waals surface area contributed by atoms with Crippen molar-refractivity contribution in [1.29, 1.82) is 0 Å². The maximum absolute atomic E-state index is 3.91. The average molecular weight is 336 g/mol. The number of aryl methyl sites for hydroxylation is 1. The fourth-order valence-corrected chi connectivity index (χ4v) is 2.82. The Hall–Kier alpha value is -2.73. The largest absolute Gasteiger partial charge is 0.377 e. The first-order chi connectivity index (χ1) is 12.0. The first-order valence-corrected chi connectivity index (χ1v) is 8.38. The number of aromatic nitrogens is 4. The van der Waals surface area contributed by atoms with E-state index in [0.29, 0.717) is 0 Å². The van der Waals surface area contributed by atoms with Gasteiger partial charge >= 0.3 is 0 Å². The number of hydrogen-bond donors (Lipinski definition) is 1. The zero-order valence-electron chi connectivity index (χ0n) is 15.1. The van der Waals surface area contributed by atoms with Crippen molar-refractivity contribution in [2.45, 2.75) is 26.4 Å². The third-order valence-corrected chi connectivity index (χ3v) is 4.33. The maximum Gasteiger partial charge on any atom is 0.143 e. The average Bonchev–Trinajstić information content (AvgIpc) is 3.15. The Labute approximate surface area is 148 Å². The summed E-state index contributed by atoms with van der Waals surface area (Å²) in [6.07, 6.45) is 1.59. The zero-order chi connectivity index (χ0) is 17.8. The number of hydrogen-bond acceptors (Lipinski definition) is 5. The third-order valence-electron chi connectivity index (χ3n) is 4.33. The minimum absolute atomic E-state index is 0.249. The molecule has 0 saturated heterocycles. The molecule has 0 aliphatic rings. The van der Waals surface area contributed by atoms with Crippen molar-refractivity contribution in [2.24, 2.45) is 0 Å². The van der Waals surface area contributed by atoms with Crippen molar-refractivity contribution in [1.82, 2.24) is 25.5 Å². The van der Waals surface area contributed by atoms with Crippen molar-refractivity contribution >= 4 is 5.69 Å². The van der Waals surface area contributed by atoms with Crippen LogP contribution in [0.15, 0.2) is 48.8 Å². The van der Waals surface area contributed by atoms with Gasteiger partial charge < -0.3 is 10.2 Å². The normalized spacial score (nSPS) is 12.2. The molecular formula is C19H24N6. The number of benzene rings is 2. The Kier molecular flexibility index (Phi) is 5.09. The molecule has 0 saturated carbocycles.